The summed E-state index contributed by atoms with van der Waals surface area (Å²) < 4.78 is 0. The predicted octanol–water partition coefficient (Wildman–Crippen LogP) is 3.90. The van der Waals surface area contributed by atoms with Crippen LogP contribution < -0.4 is 10.6 Å². The van der Waals surface area contributed by atoms with Gasteiger partial charge in [0.15, 0.2) is 0 Å². The molecule has 0 radical (unpaired) electrons. The molecule has 124 valence electrons. The number of anilines is 1. The van der Waals surface area contributed by atoms with Crippen LogP contribution in [0.15, 0.2) is 43.0 Å². The van der Waals surface area contributed by atoms with E-state index in [-0.39, 0.29) is 0 Å². The minimum Gasteiger partial charge on any atom is -0.387 e. The lowest BCUT2D eigenvalue weighted by Gasteiger charge is -2.29. The quantitative estimate of drug-likeness (QED) is 0.782. The van der Waals surface area contributed by atoms with Gasteiger partial charge in [-0.25, -0.2) is 0 Å². The molecule has 0 amide bonds. The van der Waals surface area contributed by atoms with Gasteiger partial charge in [0.2, 0.25) is 0 Å². The Morgan fingerprint density at radius 1 is 1.30 bits per heavy atom. The van der Waals surface area contributed by atoms with E-state index in [0.717, 1.165) is 35.6 Å². The highest BCUT2D eigenvalue weighted by Crippen LogP contribution is 2.24. The van der Waals surface area contributed by atoms with Crippen molar-refractivity contribution in [1.82, 2.24) is 15.2 Å². The average Bonchev–Trinajstić information content (AvgIpc) is 2.59. The van der Waals surface area contributed by atoms with E-state index in [4.69, 9.17) is 0 Å². The van der Waals surface area contributed by atoms with E-state index < -0.39 is 0 Å². The summed E-state index contributed by atoms with van der Waals surface area (Å²) in [5.74, 6) is 0. The SMILES string of the molecule is C=CN/C=C(\C=C(/C)N1CCCCC1)c1cc(NC)cnc1C. The number of likely N-dealkylation sites (tertiary alicyclic amines) is 1. The molecule has 1 fully saturated rings. The molecule has 0 unspecified atom stereocenters. The maximum absolute atomic E-state index is 4.50. The van der Waals surface area contributed by atoms with Crippen LogP contribution in [0.1, 0.15) is 37.4 Å². The fraction of sp³-hybridized carbons (Fsp3) is 0.421. The Bertz CT molecular complexity index is 595. The van der Waals surface area contributed by atoms with E-state index in [0.29, 0.717) is 0 Å². The summed E-state index contributed by atoms with van der Waals surface area (Å²) in [6.07, 6.45) is 11.7. The highest BCUT2D eigenvalue weighted by atomic mass is 15.1. The van der Waals surface area contributed by atoms with Crippen LogP contribution in [0, 0.1) is 6.92 Å². The first-order valence-corrected chi connectivity index (χ1v) is 8.31. The summed E-state index contributed by atoms with van der Waals surface area (Å²) in [5.41, 5.74) is 5.58. The molecule has 1 saturated heterocycles. The molecule has 0 atom stereocenters. The Balaban J connectivity index is 2.35. The molecule has 0 bridgehead atoms. The molecule has 2 heterocycles. The summed E-state index contributed by atoms with van der Waals surface area (Å²) in [6, 6.07) is 2.14. The van der Waals surface area contributed by atoms with Crippen molar-refractivity contribution in [3.63, 3.8) is 0 Å². The predicted molar refractivity (Wildman–Crippen MR) is 99.0 cm³/mol. The molecule has 4 nitrogen and oxygen atoms in total. The zero-order valence-electron chi connectivity index (χ0n) is 14.5. The number of allylic oxidation sites excluding steroid dienone is 3. The molecule has 2 N–H and O–H groups in total. The fourth-order valence-electron chi connectivity index (χ4n) is 2.87. The van der Waals surface area contributed by atoms with Gasteiger partial charge in [0.1, 0.15) is 0 Å². The summed E-state index contributed by atoms with van der Waals surface area (Å²) in [6.45, 7) is 10.3. The van der Waals surface area contributed by atoms with Gasteiger partial charge in [-0.05, 0) is 51.5 Å². The molecule has 1 aromatic rings. The van der Waals surface area contributed by atoms with Gasteiger partial charge in [-0.2, -0.15) is 0 Å². The van der Waals surface area contributed by atoms with Crippen molar-refractivity contribution in [1.29, 1.82) is 0 Å². The Kier molecular flexibility index (Phi) is 6.27. The van der Waals surface area contributed by atoms with Gasteiger partial charge in [-0.15, -0.1) is 0 Å². The molecule has 23 heavy (non-hydrogen) atoms. The average molecular weight is 312 g/mol. The standard InChI is InChI=1S/C19H28N4/c1-5-21-13-17(11-15(2)23-9-7-6-8-10-23)19-12-18(20-4)14-22-16(19)3/h5,11-14,20-21H,1,6-10H2,2-4H3/b15-11+,17-13+. The van der Waals surface area contributed by atoms with Crippen molar-refractivity contribution in [3.05, 3.63) is 54.3 Å². The van der Waals surface area contributed by atoms with Gasteiger partial charge in [-0.1, -0.05) is 6.58 Å². The Morgan fingerprint density at radius 2 is 2.04 bits per heavy atom. The van der Waals surface area contributed by atoms with Crippen molar-refractivity contribution in [2.45, 2.75) is 33.1 Å². The van der Waals surface area contributed by atoms with Gasteiger partial charge in [0.25, 0.3) is 0 Å². The minimum absolute atomic E-state index is 1.01. The van der Waals surface area contributed by atoms with Crippen molar-refractivity contribution in [2.75, 3.05) is 25.5 Å². The van der Waals surface area contributed by atoms with Gasteiger partial charge < -0.3 is 15.5 Å². The van der Waals surface area contributed by atoms with Crippen LogP contribution in [0.5, 0.6) is 0 Å². The number of nitrogens with zero attached hydrogens (tertiary/aromatic N) is 2. The lowest BCUT2D eigenvalue weighted by atomic mass is 10.0. The minimum atomic E-state index is 1.01. The molecule has 1 aliphatic rings. The van der Waals surface area contributed by atoms with Crippen LogP contribution >= 0.6 is 0 Å². The van der Waals surface area contributed by atoms with Crippen LogP contribution in [0.4, 0.5) is 5.69 Å². The third kappa shape index (κ3) is 4.62. The zero-order valence-corrected chi connectivity index (χ0v) is 14.5. The molecule has 0 aromatic carbocycles. The summed E-state index contributed by atoms with van der Waals surface area (Å²) in [7, 11) is 1.91. The molecule has 0 spiro atoms. The Hall–Kier alpha value is -2.23. The van der Waals surface area contributed by atoms with E-state index in [1.54, 1.807) is 6.20 Å². The van der Waals surface area contributed by atoms with Crippen molar-refractivity contribution in [3.8, 4) is 0 Å². The summed E-state index contributed by atoms with van der Waals surface area (Å²) in [4.78, 5) is 6.97. The van der Waals surface area contributed by atoms with Gasteiger partial charge in [0, 0.05) is 48.9 Å². The molecule has 2 rings (SSSR count). The van der Waals surface area contributed by atoms with Gasteiger partial charge in [0.05, 0.1) is 11.9 Å². The maximum atomic E-state index is 4.50. The highest BCUT2D eigenvalue weighted by Gasteiger charge is 2.12. The van der Waals surface area contributed by atoms with Crippen molar-refractivity contribution >= 4 is 11.3 Å². The lowest BCUT2D eigenvalue weighted by molar-refractivity contribution is 0.286. The van der Waals surface area contributed by atoms with Crippen LogP contribution in [0.3, 0.4) is 0 Å². The second kappa shape index (κ2) is 8.42. The number of aryl methyl sites for hydroxylation is 1. The first-order chi connectivity index (χ1) is 11.2. The largest absolute Gasteiger partial charge is 0.387 e. The molecule has 0 aliphatic carbocycles. The maximum Gasteiger partial charge on any atom is 0.0530 e. The summed E-state index contributed by atoms with van der Waals surface area (Å²) in [5, 5.41) is 6.27. The summed E-state index contributed by atoms with van der Waals surface area (Å²) >= 11 is 0. The zero-order chi connectivity index (χ0) is 16.7. The first kappa shape index (κ1) is 17.1. The molecule has 4 heteroatoms. The number of pyridine rings is 1. The number of aromatic nitrogens is 1. The van der Waals surface area contributed by atoms with E-state index in [2.05, 4.69) is 46.2 Å². The second-order valence-corrected chi connectivity index (χ2v) is 5.91. The monoisotopic (exact) mass is 312 g/mol. The van der Waals surface area contributed by atoms with Gasteiger partial charge in [-0.3, -0.25) is 4.98 Å². The number of hydrogen-bond acceptors (Lipinski definition) is 4. The van der Waals surface area contributed by atoms with Gasteiger partial charge >= 0.3 is 0 Å². The Morgan fingerprint density at radius 3 is 2.70 bits per heavy atom. The van der Waals surface area contributed by atoms with Crippen LogP contribution in [-0.4, -0.2) is 30.0 Å². The third-order valence-corrected chi connectivity index (χ3v) is 4.26. The number of hydrogen-bond donors (Lipinski definition) is 2. The number of nitrogens with one attached hydrogen (secondary N) is 2. The topological polar surface area (TPSA) is 40.2 Å². The van der Waals surface area contributed by atoms with E-state index in [9.17, 15) is 0 Å². The highest BCUT2D eigenvalue weighted by molar-refractivity contribution is 5.77. The molecule has 0 saturated carbocycles. The van der Waals surface area contributed by atoms with E-state index >= 15 is 0 Å². The van der Waals surface area contributed by atoms with Crippen LogP contribution in [-0.2, 0) is 0 Å². The Labute approximate surface area is 140 Å². The number of rotatable bonds is 6. The molecule has 1 aromatic heterocycles. The second-order valence-electron chi connectivity index (χ2n) is 5.91. The fourth-order valence-corrected chi connectivity index (χ4v) is 2.87. The first-order valence-electron chi connectivity index (χ1n) is 8.31. The van der Waals surface area contributed by atoms with Crippen LogP contribution in [0.25, 0.3) is 5.57 Å². The van der Waals surface area contributed by atoms with Crippen molar-refractivity contribution in [2.24, 2.45) is 0 Å². The molecular weight excluding hydrogens is 284 g/mol. The third-order valence-electron chi connectivity index (χ3n) is 4.26. The molecule has 1 aliphatic heterocycles. The van der Waals surface area contributed by atoms with E-state index in [1.807, 2.05) is 26.4 Å². The lowest BCUT2D eigenvalue weighted by Crippen LogP contribution is -2.28. The smallest absolute Gasteiger partial charge is 0.0530 e. The molecular formula is C19H28N4. The van der Waals surface area contributed by atoms with Crippen LogP contribution in [0.2, 0.25) is 0 Å². The normalized spacial score (nSPS) is 16.2. The van der Waals surface area contributed by atoms with Crippen molar-refractivity contribution < 1.29 is 0 Å². The van der Waals surface area contributed by atoms with E-state index in [1.165, 1.54) is 25.0 Å². The number of piperidine rings is 1.